The summed E-state index contributed by atoms with van der Waals surface area (Å²) in [5, 5.41) is 10.6. The van der Waals surface area contributed by atoms with Gasteiger partial charge < -0.3 is 5.11 Å². The van der Waals surface area contributed by atoms with Crippen molar-refractivity contribution in [3.63, 3.8) is 0 Å². The Morgan fingerprint density at radius 1 is 1.62 bits per heavy atom. The molecule has 8 heteroatoms. The predicted molar refractivity (Wildman–Crippen MR) is 47.2 cm³/mol. The van der Waals surface area contributed by atoms with Crippen LogP contribution < -0.4 is 5.32 Å². The second-order valence-electron chi connectivity index (χ2n) is 2.63. The highest BCUT2D eigenvalue weighted by Gasteiger charge is 2.31. The third kappa shape index (κ3) is 3.51. The van der Waals surface area contributed by atoms with E-state index in [0.717, 1.165) is 0 Å². The fourth-order valence-corrected chi connectivity index (χ4v) is 3.27. The van der Waals surface area contributed by atoms with E-state index in [4.69, 9.17) is 9.66 Å². The first kappa shape index (κ1) is 10.8. The van der Waals surface area contributed by atoms with Gasteiger partial charge in [-0.1, -0.05) is 0 Å². The van der Waals surface area contributed by atoms with E-state index in [-0.39, 0.29) is 0 Å². The molecule has 1 aliphatic heterocycles. The Morgan fingerprint density at radius 2 is 2.23 bits per heavy atom. The van der Waals surface area contributed by atoms with Gasteiger partial charge in [0.05, 0.1) is 5.37 Å². The lowest BCUT2D eigenvalue weighted by atomic mass is 10.3. The third-order valence-electron chi connectivity index (χ3n) is 1.51. The highest BCUT2D eigenvalue weighted by Crippen LogP contribution is 2.19. The summed E-state index contributed by atoms with van der Waals surface area (Å²) < 4.78 is 29.3. The second kappa shape index (κ2) is 3.82. The minimum atomic E-state index is -4.03. The quantitative estimate of drug-likeness (QED) is 0.531. The average molecular weight is 227 g/mol. The lowest BCUT2D eigenvalue weighted by Gasteiger charge is -2.07. The summed E-state index contributed by atoms with van der Waals surface area (Å²) in [7, 11) is -4.03. The van der Waals surface area contributed by atoms with Crippen LogP contribution >= 0.6 is 11.8 Å². The average Bonchev–Trinajstić information content (AvgIpc) is 2.31. The van der Waals surface area contributed by atoms with Crippen molar-refractivity contribution < 1.29 is 22.9 Å². The van der Waals surface area contributed by atoms with Crippen LogP contribution in [0.25, 0.3) is 0 Å². The van der Waals surface area contributed by atoms with Crippen LogP contribution in [0.4, 0.5) is 0 Å². The fourth-order valence-electron chi connectivity index (χ4n) is 0.963. The summed E-state index contributed by atoms with van der Waals surface area (Å²) in [6.45, 7) is 0. The summed E-state index contributed by atoms with van der Waals surface area (Å²) in [4.78, 5) is 10.4. The molecule has 1 fully saturated rings. The zero-order valence-corrected chi connectivity index (χ0v) is 8.14. The molecule has 0 radical (unpaired) electrons. The molecule has 76 valence electrons. The number of hydrogen-bond acceptors (Lipinski definition) is 5. The van der Waals surface area contributed by atoms with E-state index < -0.39 is 33.3 Å². The van der Waals surface area contributed by atoms with Gasteiger partial charge in [-0.05, 0) is 0 Å². The minimum absolute atomic E-state index is 0.315. The van der Waals surface area contributed by atoms with Gasteiger partial charge in [0, 0.05) is 5.75 Å². The molecule has 0 unspecified atom stereocenters. The molecule has 1 rings (SSSR count). The summed E-state index contributed by atoms with van der Waals surface area (Å²) >= 11 is 1.17. The first-order valence-electron chi connectivity index (χ1n) is 3.44. The third-order valence-corrected chi connectivity index (χ3v) is 3.71. The molecule has 0 aromatic carbocycles. The van der Waals surface area contributed by atoms with Crippen LogP contribution in [0.1, 0.15) is 0 Å². The largest absolute Gasteiger partial charge is 0.480 e. The Balaban J connectivity index is 2.47. The van der Waals surface area contributed by atoms with Crippen LogP contribution in [0.2, 0.25) is 0 Å². The van der Waals surface area contributed by atoms with Gasteiger partial charge in [0.25, 0.3) is 10.1 Å². The van der Waals surface area contributed by atoms with Crippen molar-refractivity contribution in [2.45, 2.75) is 11.4 Å². The highest BCUT2D eigenvalue weighted by atomic mass is 32.2. The van der Waals surface area contributed by atoms with Crippen molar-refractivity contribution in [2.75, 3.05) is 11.5 Å². The van der Waals surface area contributed by atoms with Crippen LogP contribution in [0.3, 0.4) is 0 Å². The van der Waals surface area contributed by atoms with Gasteiger partial charge >= 0.3 is 5.97 Å². The van der Waals surface area contributed by atoms with Gasteiger partial charge in [-0.25, -0.2) is 0 Å². The smallest absolute Gasteiger partial charge is 0.321 e. The molecule has 2 atom stereocenters. The zero-order valence-electron chi connectivity index (χ0n) is 6.50. The Labute approximate surface area is 79.5 Å². The SMILES string of the molecule is O=C(O)[C@@H]1CS[C@@H](CS(=O)(=O)O)N1. The van der Waals surface area contributed by atoms with Crippen molar-refractivity contribution >= 4 is 27.8 Å². The number of rotatable bonds is 3. The van der Waals surface area contributed by atoms with Gasteiger partial charge in [-0.2, -0.15) is 8.42 Å². The highest BCUT2D eigenvalue weighted by molar-refractivity contribution is 8.01. The monoisotopic (exact) mass is 227 g/mol. The first-order valence-corrected chi connectivity index (χ1v) is 6.10. The van der Waals surface area contributed by atoms with Gasteiger partial charge in [-0.15, -0.1) is 11.8 Å². The molecule has 3 N–H and O–H groups in total. The molecule has 0 bridgehead atoms. The Bertz CT molecular complexity index is 300. The normalized spacial score (nSPS) is 29.0. The zero-order chi connectivity index (χ0) is 10.1. The number of thioether (sulfide) groups is 1. The topological polar surface area (TPSA) is 104 Å². The minimum Gasteiger partial charge on any atom is -0.480 e. The van der Waals surface area contributed by atoms with Crippen molar-refractivity contribution in [3.05, 3.63) is 0 Å². The molecule has 13 heavy (non-hydrogen) atoms. The van der Waals surface area contributed by atoms with E-state index in [2.05, 4.69) is 5.32 Å². The van der Waals surface area contributed by atoms with Crippen LogP contribution in [-0.4, -0.2) is 47.0 Å². The fraction of sp³-hybridized carbons (Fsp3) is 0.800. The Kier molecular flexibility index (Phi) is 3.17. The molecule has 0 aromatic heterocycles. The lowest BCUT2D eigenvalue weighted by molar-refractivity contribution is -0.138. The molecule has 0 aromatic rings. The van der Waals surface area contributed by atoms with Crippen molar-refractivity contribution in [3.8, 4) is 0 Å². The number of nitrogens with one attached hydrogen (secondary N) is 1. The molecule has 0 aliphatic carbocycles. The maximum Gasteiger partial charge on any atom is 0.321 e. The van der Waals surface area contributed by atoms with Crippen molar-refractivity contribution in [1.82, 2.24) is 5.32 Å². The molecule has 0 saturated carbocycles. The van der Waals surface area contributed by atoms with Crippen LogP contribution in [-0.2, 0) is 14.9 Å². The molecule has 0 amide bonds. The summed E-state index contributed by atoms with van der Waals surface area (Å²) in [5.74, 6) is -1.15. The maximum atomic E-state index is 10.4. The van der Waals surface area contributed by atoms with E-state index in [9.17, 15) is 13.2 Å². The van der Waals surface area contributed by atoms with Crippen LogP contribution in [0.15, 0.2) is 0 Å². The first-order chi connectivity index (χ1) is 5.88. The molecular weight excluding hydrogens is 218 g/mol. The van der Waals surface area contributed by atoms with Gasteiger partial charge in [0.2, 0.25) is 0 Å². The molecule has 0 spiro atoms. The Morgan fingerprint density at radius 3 is 2.62 bits per heavy atom. The van der Waals surface area contributed by atoms with Gasteiger partial charge in [0.15, 0.2) is 0 Å². The number of carboxylic acid groups (broad SMARTS) is 1. The molecular formula is C5H9NO5S2. The van der Waals surface area contributed by atoms with Gasteiger partial charge in [0.1, 0.15) is 11.8 Å². The molecule has 6 nitrogen and oxygen atoms in total. The van der Waals surface area contributed by atoms with E-state index in [1.165, 1.54) is 11.8 Å². The predicted octanol–water partition coefficient (Wildman–Crippen LogP) is -1.01. The summed E-state index contributed by atoms with van der Waals surface area (Å²) in [6.07, 6.45) is 0. The maximum absolute atomic E-state index is 10.4. The van der Waals surface area contributed by atoms with Crippen LogP contribution in [0.5, 0.6) is 0 Å². The number of carboxylic acids is 1. The Hall–Kier alpha value is -0.310. The van der Waals surface area contributed by atoms with Crippen molar-refractivity contribution in [2.24, 2.45) is 0 Å². The summed E-state index contributed by atoms with van der Waals surface area (Å²) in [5.41, 5.74) is 0. The standard InChI is InChI=1S/C5H9NO5S2/c7-5(8)3-1-12-4(6-3)2-13(9,10)11/h3-4,6H,1-2H2,(H,7,8)(H,9,10,11)/t3-,4-/m0/s1. The summed E-state index contributed by atoms with van der Waals surface area (Å²) in [6, 6.07) is -0.725. The number of aliphatic carboxylic acids is 1. The molecule has 1 heterocycles. The van der Waals surface area contributed by atoms with E-state index in [0.29, 0.717) is 5.75 Å². The van der Waals surface area contributed by atoms with E-state index >= 15 is 0 Å². The number of hydrogen-bond donors (Lipinski definition) is 3. The lowest BCUT2D eigenvalue weighted by Crippen LogP contribution is -2.39. The molecule has 1 aliphatic rings. The molecule has 1 saturated heterocycles. The van der Waals surface area contributed by atoms with Crippen molar-refractivity contribution in [1.29, 1.82) is 0 Å². The number of carbonyl (C=O) groups is 1. The van der Waals surface area contributed by atoms with Gasteiger partial charge in [-0.3, -0.25) is 14.7 Å². The van der Waals surface area contributed by atoms with Crippen LogP contribution in [0, 0.1) is 0 Å². The van der Waals surface area contributed by atoms with E-state index in [1.54, 1.807) is 0 Å². The second-order valence-corrected chi connectivity index (χ2v) is 5.36. The van der Waals surface area contributed by atoms with E-state index in [1.807, 2.05) is 0 Å².